The Bertz CT molecular complexity index is 680. The first kappa shape index (κ1) is 11.9. The van der Waals surface area contributed by atoms with Gasteiger partial charge in [-0.2, -0.15) is 0 Å². The van der Waals surface area contributed by atoms with Crippen molar-refractivity contribution in [2.75, 3.05) is 7.11 Å². The maximum Gasteiger partial charge on any atom is 0.119 e. The van der Waals surface area contributed by atoms with Crippen molar-refractivity contribution < 1.29 is 14.9 Å². The fourth-order valence-electron chi connectivity index (χ4n) is 3.78. The van der Waals surface area contributed by atoms with Crippen LogP contribution in [0.1, 0.15) is 34.1 Å². The third-order valence-corrected chi connectivity index (χ3v) is 4.66. The van der Waals surface area contributed by atoms with E-state index >= 15 is 0 Å². The van der Waals surface area contributed by atoms with Crippen LogP contribution in [0.2, 0.25) is 0 Å². The monoisotopic (exact) mass is 268 g/mol. The minimum Gasteiger partial charge on any atom is -0.497 e. The van der Waals surface area contributed by atoms with Gasteiger partial charge in [-0.3, -0.25) is 0 Å². The molecular formula is C17H16O3. The standard InChI is InChI=1S/C17H16O3/c1-20-9-6-7-12-13(8-9)15-11-5-3-2-4-10(11)14(12)16(18)17(15)19/h2-8,14-19H,1H3/t14-,15+,16+,17+/m1/s1. The van der Waals surface area contributed by atoms with Crippen LogP contribution >= 0.6 is 0 Å². The molecule has 3 aliphatic rings. The maximum absolute atomic E-state index is 10.4. The first-order chi connectivity index (χ1) is 9.72. The summed E-state index contributed by atoms with van der Waals surface area (Å²) in [5.74, 6) is 0.471. The van der Waals surface area contributed by atoms with E-state index in [1.165, 1.54) is 0 Å². The summed E-state index contributed by atoms with van der Waals surface area (Å²) in [7, 11) is 1.64. The lowest BCUT2D eigenvalue weighted by Crippen LogP contribution is -2.47. The minimum atomic E-state index is -0.755. The van der Waals surface area contributed by atoms with Crippen molar-refractivity contribution in [3.05, 3.63) is 64.7 Å². The van der Waals surface area contributed by atoms with Crippen molar-refractivity contribution in [3.8, 4) is 5.75 Å². The number of aliphatic hydroxyl groups excluding tert-OH is 2. The number of hydrogen-bond donors (Lipinski definition) is 2. The van der Waals surface area contributed by atoms with Gasteiger partial charge in [-0.15, -0.1) is 0 Å². The molecule has 0 fully saturated rings. The summed E-state index contributed by atoms with van der Waals surface area (Å²) in [6.07, 6.45) is -1.50. The molecule has 20 heavy (non-hydrogen) atoms. The second-order valence-electron chi connectivity index (χ2n) is 5.56. The number of hydrogen-bond acceptors (Lipinski definition) is 3. The summed E-state index contributed by atoms with van der Waals surface area (Å²) >= 11 is 0. The number of ether oxygens (including phenoxy) is 1. The Kier molecular flexibility index (Phi) is 2.43. The summed E-state index contributed by atoms with van der Waals surface area (Å²) in [5.41, 5.74) is 4.43. The second-order valence-corrected chi connectivity index (χ2v) is 5.56. The van der Waals surface area contributed by atoms with Gasteiger partial charge in [0.1, 0.15) is 5.75 Å². The van der Waals surface area contributed by atoms with Crippen LogP contribution in [0.3, 0.4) is 0 Å². The third-order valence-electron chi connectivity index (χ3n) is 4.66. The van der Waals surface area contributed by atoms with Crippen LogP contribution in [0.4, 0.5) is 0 Å². The Hall–Kier alpha value is -1.84. The first-order valence-electron chi connectivity index (χ1n) is 6.85. The molecule has 0 aromatic heterocycles. The van der Waals surface area contributed by atoms with E-state index in [1.807, 2.05) is 36.4 Å². The van der Waals surface area contributed by atoms with Crippen LogP contribution in [-0.4, -0.2) is 29.5 Å². The fourth-order valence-corrected chi connectivity index (χ4v) is 3.78. The van der Waals surface area contributed by atoms with Crippen LogP contribution in [0, 0.1) is 0 Å². The summed E-state index contributed by atoms with van der Waals surface area (Å²) in [4.78, 5) is 0. The van der Waals surface area contributed by atoms with Crippen molar-refractivity contribution in [2.45, 2.75) is 24.0 Å². The van der Waals surface area contributed by atoms with E-state index in [-0.39, 0.29) is 11.8 Å². The number of aliphatic hydroxyl groups is 2. The fraction of sp³-hybridized carbons (Fsp3) is 0.294. The van der Waals surface area contributed by atoms with Crippen molar-refractivity contribution in [1.82, 2.24) is 0 Å². The smallest absolute Gasteiger partial charge is 0.119 e. The molecule has 0 saturated carbocycles. The van der Waals surface area contributed by atoms with Gasteiger partial charge in [0, 0.05) is 11.8 Å². The van der Waals surface area contributed by atoms with Crippen molar-refractivity contribution >= 4 is 0 Å². The SMILES string of the molecule is COc1ccc2c(c1)[C@@H]1c3ccccc3[C@H]2[C@H](O)[C@H]1O. The molecule has 2 aromatic rings. The minimum absolute atomic E-state index is 0.146. The molecule has 0 unspecified atom stereocenters. The highest BCUT2D eigenvalue weighted by Gasteiger charge is 2.48. The van der Waals surface area contributed by atoms with Crippen molar-refractivity contribution in [3.63, 3.8) is 0 Å². The average Bonchev–Trinajstić information content (AvgIpc) is 2.49. The Morgan fingerprint density at radius 2 is 1.35 bits per heavy atom. The van der Waals surface area contributed by atoms with Gasteiger partial charge >= 0.3 is 0 Å². The molecule has 0 heterocycles. The predicted octanol–water partition coefficient (Wildman–Crippen LogP) is 2.01. The van der Waals surface area contributed by atoms with Crippen LogP contribution in [0.5, 0.6) is 5.75 Å². The molecule has 0 amide bonds. The van der Waals surface area contributed by atoms with E-state index in [4.69, 9.17) is 4.74 Å². The highest BCUT2D eigenvalue weighted by Crippen LogP contribution is 2.53. The lowest BCUT2D eigenvalue weighted by atomic mass is 9.61. The summed E-state index contributed by atoms with van der Waals surface area (Å²) in [6, 6.07) is 14.0. The molecule has 0 spiro atoms. The van der Waals surface area contributed by atoms with Crippen LogP contribution in [0.25, 0.3) is 0 Å². The number of fused-ring (bicyclic) bond motifs is 1. The van der Waals surface area contributed by atoms with E-state index < -0.39 is 12.2 Å². The number of benzene rings is 2. The molecular weight excluding hydrogens is 252 g/mol. The largest absolute Gasteiger partial charge is 0.497 e. The predicted molar refractivity (Wildman–Crippen MR) is 75.1 cm³/mol. The van der Waals surface area contributed by atoms with Gasteiger partial charge in [-0.25, -0.2) is 0 Å². The topological polar surface area (TPSA) is 49.7 Å². The molecule has 2 bridgehead atoms. The number of methoxy groups -OCH3 is 1. The average molecular weight is 268 g/mol. The summed E-state index contributed by atoms with van der Waals surface area (Å²) in [6.45, 7) is 0. The molecule has 0 radical (unpaired) electrons. The Labute approximate surface area is 117 Å². The third kappa shape index (κ3) is 1.37. The van der Waals surface area contributed by atoms with Gasteiger partial charge in [0.2, 0.25) is 0 Å². The number of rotatable bonds is 1. The molecule has 2 N–H and O–H groups in total. The zero-order valence-corrected chi connectivity index (χ0v) is 11.2. The zero-order valence-electron chi connectivity index (χ0n) is 11.2. The van der Waals surface area contributed by atoms with Crippen LogP contribution < -0.4 is 4.74 Å². The van der Waals surface area contributed by atoms with E-state index in [9.17, 15) is 10.2 Å². The Morgan fingerprint density at radius 3 is 1.95 bits per heavy atom. The zero-order chi connectivity index (χ0) is 13.9. The second kappa shape index (κ2) is 4.08. The van der Waals surface area contributed by atoms with E-state index in [0.717, 1.165) is 28.0 Å². The Morgan fingerprint density at radius 1 is 0.800 bits per heavy atom. The molecule has 102 valence electrons. The van der Waals surface area contributed by atoms with E-state index in [1.54, 1.807) is 7.11 Å². The van der Waals surface area contributed by atoms with Gasteiger partial charge in [0.05, 0.1) is 19.3 Å². The van der Waals surface area contributed by atoms with Crippen molar-refractivity contribution in [1.29, 1.82) is 0 Å². The first-order valence-corrected chi connectivity index (χ1v) is 6.85. The molecule has 4 atom stereocenters. The van der Waals surface area contributed by atoms with Gasteiger partial charge in [0.25, 0.3) is 0 Å². The molecule has 5 rings (SSSR count). The molecule has 0 aliphatic heterocycles. The highest BCUT2D eigenvalue weighted by molar-refractivity contribution is 5.59. The summed E-state index contributed by atoms with van der Waals surface area (Å²) in [5, 5.41) is 20.8. The van der Waals surface area contributed by atoms with Crippen LogP contribution in [-0.2, 0) is 0 Å². The van der Waals surface area contributed by atoms with E-state index in [0.29, 0.717) is 0 Å². The molecule has 3 heteroatoms. The summed E-state index contributed by atoms with van der Waals surface area (Å²) < 4.78 is 5.29. The maximum atomic E-state index is 10.4. The van der Waals surface area contributed by atoms with Gasteiger partial charge in [0.15, 0.2) is 0 Å². The lowest BCUT2D eigenvalue weighted by molar-refractivity contribution is -0.0154. The Balaban J connectivity index is 2.00. The highest BCUT2D eigenvalue weighted by atomic mass is 16.5. The van der Waals surface area contributed by atoms with Gasteiger partial charge in [-0.1, -0.05) is 30.3 Å². The molecule has 3 aliphatic carbocycles. The van der Waals surface area contributed by atoms with Crippen molar-refractivity contribution in [2.24, 2.45) is 0 Å². The molecule has 3 nitrogen and oxygen atoms in total. The van der Waals surface area contributed by atoms with E-state index in [2.05, 4.69) is 6.07 Å². The van der Waals surface area contributed by atoms with Gasteiger partial charge in [-0.05, 0) is 34.4 Å². The van der Waals surface area contributed by atoms with Gasteiger partial charge < -0.3 is 14.9 Å². The molecule has 0 saturated heterocycles. The molecule has 2 aromatic carbocycles. The lowest BCUT2D eigenvalue weighted by Gasteiger charge is -2.46. The normalized spacial score (nSPS) is 29.8. The quantitative estimate of drug-likeness (QED) is 0.832. The van der Waals surface area contributed by atoms with Crippen LogP contribution in [0.15, 0.2) is 42.5 Å².